The normalized spacial score (nSPS) is 8.57. The van der Waals surface area contributed by atoms with Gasteiger partial charge in [-0.2, -0.15) is 14.0 Å². The average Bonchev–Trinajstić information content (AvgIpc) is 0.722. The Morgan fingerprint density at radius 3 is 1.14 bits per heavy atom. The maximum Gasteiger partial charge on any atom is 1.00 e. The van der Waals surface area contributed by atoms with Gasteiger partial charge in [-0.25, -0.2) is 0 Å². The van der Waals surface area contributed by atoms with Crippen molar-refractivity contribution in [3.05, 3.63) is 0 Å². The zero-order chi connectivity index (χ0) is 4.50. The third kappa shape index (κ3) is 69.9. The van der Waals surface area contributed by atoms with Crippen LogP contribution in [0.25, 0.3) is 0 Å². The molecule has 0 aromatic heterocycles. The SMILES string of the molecule is [Cl-].[K+].[O-][Cl+3]([O-])([O-])O. The molecule has 4 nitrogen and oxygen atoms in total. The average molecular weight is 175 g/mol. The molecule has 0 aliphatic heterocycles. The first kappa shape index (κ1) is 16.0. The van der Waals surface area contributed by atoms with Crippen molar-refractivity contribution in [3.63, 3.8) is 0 Å². The predicted octanol–water partition coefficient (Wildman–Crippen LogP) is -10.1. The third-order valence-corrected chi connectivity index (χ3v) is 0. The molecule has 0 fully saturated rings. The molecule has 0 aromatic carbocycles. The van der Waals surface area contributed by atoms with E-state index in [1.807, 2.05) is 0 Å². The molecule has 0 aromatic rings. The van der Waals surface area contributed by atoms with Crippen LogP contribution in [0.4, 0.5) is 0 Å². The molecular formula is HCl2KO4. The van der Waals surface area contributed by atoms with Gasteiger partial charge >= 0.3 is 51.4 Å². The van der Waals surface area contributed by atoms with E-state index in [4.69, 9.17) is 18.6 Å². The van der Waals surface area contributed by atoms with E-state index in [2.05, 4.69) is 0 Å². The van der Waals surface area contributed by atoms with Gasteiger partial charge in [-0.05, 0) is 0 Å². The van der Waals surface area contributed by atoms with Crippen LogP contribution in [-0.4, -0.2) is 4.66 Å². The Morgan fingerprint density at radius 2 is 1.14 bits per heavy atom. The van der Waals surface area contributed by atoms with E-state index in [1.165, 1.54) is 0 Å². The fourth-order valence-electron chi connectivity index (χ4n) is 0. The summed E-state index contributed by atoms with van der Waals surface area (Å²) in [5.74, 6) is 0. The molecule has 0 amide bonds. The van der Waals surface area contributed by atoms with Gasteiger partial charge in [0.15, 0.2) is 0 Å². The van der Waals surface area contributed by atoms with Crippen LogP contribution in [0.5, 0.6) is 0 Å². The number of rotatable bonds is 0. The molecule has 0 spiro atoms. The molecule has 7 heavy (non-hydrogen) atoms. The molecule has 7 heteroatoms. The van der Waals surface area contributed by atoms with Crippen LogP contribution in [0, 0.1) is 10.2 Å². The maximum atomic E-state index is 8.60. The minimum atomic E-state index is -4.69. The van der Waals surface area contributed by atoms with Crippen LogP contribution in [0.3, 0.4) is 0 Å². The van der Waals surface area contributed by atoms with Crippen LogP contribution in [0.15, 0.2) is 0 Å². The largest absolute Gasteiger partial charge is 1.00 e. The van der Waals surface area contributed by atoms with Gasteiger partial charge in [-0.1, -0.05) is 0 Å². The second-order valence-electron chi connectivity index (χ2n) is 0.396. The molecule has 0 heterocycles. The molecule has 0 aliphatic rings. The fraction of sp³-hybridized carbons (Fsp3) is 0. The number of hydrogen-bond acceptors (Lipinski definition) is 4. The smallest absolute Gasteiger partial charge is 1.00 e. The first-order valence-corrected chi connectivity index (χ1v) is 1.90. The van der Waals surface area contributed by atoms with Crippen molar-refractivity contribution in [3.8, 4) is 0 Å². The summed E-state index contributed by atoms with van der Waals surface area (Å²) < 4.78 is 32.7. The molecule has 0 rings (SSSR count). The van der Waals surface area contributed by atoms with Crippen molar-refractivity contribution in [2.75, 3.05) is 0 Å². The Balaban J connectivity index is -0.0000000800. The molecular weight excluding hydrogens is 174 g/mol. The monoisotopic (exact) mass is 174 g/mol. The summed E-state index contributed by atoms with van der Waals surface area (Å²) in [7, 11) is -4.69. The van der Waals surface area contributed by atoms with E-state index in [1.54, 1.807) is 0 Å². The Labute approximate surface area is 91.1 Å². The molecule has 0 aliphatic carbocycles. The van der Waals surface area contributed by atoms with E-state index >= 15 is 0 Å². The van der Waals surface area contributed by atoms with E-state index in [9.17, 15) is 0 Å². The van der Waals surface area contributed by atoms with Gasteiger partial charge in [0.05, 0.1) is 14.9 Å². The molecule has 0 saturated carbocycles. The maximum absolute atomic E-state index is 8.60. The van der Waals surface area contributed by atoms with Gasteiger partial charge < -0.3 is 12.4 Å². The number of halogens is 2. The van der Waals surface area contributed by atoms with Crippen LogP contribution in [-0.2, 0) is 0 Å². The number of hydrogen-bond donors (Lipinski definition) is 1. The standard InChI is InChI=1S/ClHO4.ClH.K/c2-1(3,4)5;;/h(H,2,3,4,5);1H;/q;;+1/p-1. The first-order valence-electron chi connectivity index (χ1n) is 0.632. The second-order valence-corrected chi connectivity index (χ2v) is 1.19. The van der Waals surface area contributed by atoms with Gasteiger partial charge in [0.2, 0.25) is 0 Å². The molecule has 0 radical (unpaired) electrons. The molecule has 0 unspecified atom stereocenters. The van der Waals surface area contributed by atoms with Crippen molar-refractivity contribution < 1.29 is 92.7 Å². The van der Waals surface area contributed by atoms with E-state index in [0.29, 0.717) is 0 Å². The first-order chi connectivity index (χ1) is 2.00. The Bertz CT molecular complexity index is 25.2. The van der Waals surface area contributed by atoms with Crippen molar-refractivity contribution in [2.45, 2.75) is 0 Å². The van der Waals surface area contributed by atoms with Crippen LogP contribution < -0.4 is 77.8 Å². The van der Waals surface area contributed by atoms with Gasteiger partial charge in [-0.3, -0.25) is 0 Å². The van der Waals surface area contributed by atoms with Gasteiger partial charge in [-0.15, -0.1) is 0 Å². The molecule has 0 atom stereocenters. The fourth-order valence-corrected chi connectivity index (χ4v) is 0. The molecule has 0 saturated heterocycles. The van der Waals surface area contributed by atoms with Gasteiger partial charge in [0.1, 0.15) is 0 Å². The zero-order valence-corrected chi connectivity index (χ0v) is 8.06. The van der Waals surface area contributed by atoms with Crippen molar-refractivity contribution in [2.24, 2.45) is 0 Å². The Hall–Kier alpha value is 2.06. The predicted molar refractivity (Wildman–Crippen MR) is 2.22 cm³/mol. The molecule has 1 N–H and O–H groups in total. The quantitative estimate of drug-likeness (QED) is 0.370. The van der Waals surface area contributed by atoms with Crippen LogP contribution in [0.1, 0.15) is 0 Å². The van der Waals surface area contributed by atoms with Crippen molar-refractivity contribution >= 4 is 0 Å². The van der Waals surface area contributed by atoms with Gasteiger partial charge in [0.25, 0.3) is 0 Å². The van der Waals surface area contributed by atoms with E-state index in [-0.39, 0.29) is 63.8 Å². The summed E-state index contributed by atoms with van der Waals surface area (Å²) in [6, 6.07) is 0. The Morgan fingerprint density at radius 1 is 1.14 bits per heavy atom. The summed E-state index contributed by atoms with van der Waals surface area (Å²) in [6.45, 7) is 0. The summed E-state index contributed by atoms with van der Waals surface area (Å²) in [5.41, 5.74) is 0. The molecule has 0 bridgehead atoms. The third-order valence-electron chi connectivity index (χ3n) is 0. The minimum absolute atomic E-state index is 0. The Kier molecular flexibility index (Phi) is 14.1. The van der Waals surface area contributed by atoms with Crippen molar-refractivity contribution in [1.82, 2.24) is 0 Å². The topological polar surface area (TPSA) is 89.4 Å². The molecule has 40 valence electrons. The van der Waals surface area contributed by atoms with Crippen molar-refractivity contribution in [1.29, 1.82) is 0 Å². The summed E-state index contributed by atoms with van der Waals surface area (Å²) >= 11 is 0. The second kappa shape index (κ2) is 6.18. The van der Waals surface area contributed by atoms with Gasteiger partial charge in [0, 0.05) is 0 Å². The minimum Gasteiger partial charge on any atom is -1.00 e. The summed E-state index contributed by atoms with van der Waals surface area (Å²) in [6.07, 6.45) is 0. The zero-order valence-electron chi connectivity index (χ0n) is 3.43. The summed E-state index contributed by atoms with van der Waals surface area (Å²) in [5, 5.41) is 0. The van der Waals surface area contributed by atoms with Crippen LogP contribution >= 0.6 is 0 Å². The van der Waals surface area contributed by atoms with Crippen LogP contribution in [0.2, 0.25) is 0 Å². The van der Waals surface area contributed by atoms with E-state index in [0.717, 1.165) is 0 Å². The summed E-state index contributed by atoms with van der Waals surface area (Å²) in [4.78, 5) is 0. The van der Waals surface area contributed by atoms with E-state index < -0.39 is 10.2 Å².